The molecular formula is C19H27N3O3. The molecule has 0 bridgehead atoms. The summed E-state index contributed by atoms with van der Waals surface area (Å²) in [6, 6.07) is 9.88. The lowest BCUT2D eigenvalue weighted by molar-refractivity contribution is -0.128. The van der Waals surface area contributed by atoms with Crippen molar-refractivity contribution in [2.45, 2.75) is 31.8 Å². The lowest BCUT2D eigenvalue weighted by Crippen LogP contribution is -2.42. The zero-order chi connectivity index (χ0) is 17.7. The first-order valence-electron chi connectivity index (χ1n) is 8.97. The molecule has 6 heteroatoms. The normalized spacial score (nSPS) is 26.1. The number of ether oxygens (including phenoxy) is 1. The highest BCUT2D eigenvalue weighted by Crippen LogP contribution is 2.39. The van der Waals surface area contributed by atoms with Crippen LogP contribution >= 0.6 is 0 Å². The molecule has 1 aromatic rings. The van der Waals surface area contributed by atoms with Crippen molar-refractivity contribution in [2.75, 3.05) is 33.4 Å². The highest BCUT2D eigenvalue weighted by Gasteiger charge is 2.52. The number of hydrogen-bond donors (Lipinski definition) is 2. The van der Waals surface area contributed by atoms with Crippen LogP contribution in [-0.4, -0.2) is 56.1 Å². The Morgan fingerprint density at radius 2 is 2.20 bits per heavy atom. The predicted octanol–water partition coefficient (Wildman–Crippen LogP) is 0.920. The van der Waals surface area contributed by atoms with Gasteiger partial charge in [0.05, 0.1) is 5.41 Å². The zero-order valence-electron chi connectivity index (χ0n) is 14.8. The average molecular weight is 345 g/mol. The van der Waals surface area contributed by atoms with Gasteiger partial charge in [-0.3, -0.25) is 14.5 Å². The number of nitrogens with zero attached hydrogens (tertiary/aromatic N) is 1. The number of carbonyl (C=O) groups excluding carboxylic acids is 2. The maximum atomic E-state index is 12.5. The van der Waals surface area contributed by atoms with Crippen molar-refractivity contribution in [3.63, 3.8) is 0 Å². The Balaban J connectivity index is 1.53. The highest BCUT2D eigenvalue weighted by molar-refractivity contribution is 5.94. The second-order valence-electron chi connectivity index (χ2n) is 7.09. The van der Waals surface area contributed by atoms with Crippen molar-refractivity contribution >= 4 is 11.8 Å². The van der Waals surface area contributed by atoms with E-state index in [-0.39, 0.29) is 11.8 Å². The third-order valence-corrected chi connectivity index (χ3v) is 5.20. The summed E-state index contributed by atoms with van der Waals surface area (Å²) in [4.78, 5) is 27.1. The van der Waals surface area contributed by atoms with E-state index in [1.165, 1.54) is 5.56 Å². The molecule has 0 aromatic heterocycles. The monoisotopic (exact) mass is 345 g/mol. The van der Waals surface area contributed by atoms with Gasteiger partial charge in [-0.15, -0.1) is 0 Å². The molecule has 1 aromatic carbocycles. The molecule has 6 nitrogen and oxygen atoms in total. The largest absolute Gasteiger partial charge is 0.385 e. The van der Waals surface area contributed by atoms with Gasteiger partial charge in [-0.25, -0.2) is 0 Å². The minimum Gasteiger partial charge on any atom is -0.385 e. The molecule has 25 heavy (non-hydrogen) atoms. The van der Waals surface area contributed by atoms with Crippen LogP contribution in [0.15, 0.2) is 30.3 Å². The van der Waals surface area contributed by atoms with Gasteiger partial charge in [0.25, 0.3) is 0 Å². The standard InChI is InChI=1S/C19H27N3O3/c1-25-11-5-9-20-17(23)16-12-19(18(24)21-16)8-10-22(14-19)13-15-6-3-2-4-7-15/h2-4,6-7,16H,5,8-14H2,1H3,(H,20,23)(H,21,24)/t16-,19+/m0/s1. The molecule has 2 atom stereocenters. The number of nitrogens with one attached hydrogen (secondary N) is 2. The van der Waals surface area contributed by atoms with Gasteiger partial charge in [-0.2, -0.15) is 0 Å². The van der Waals surface area contributed by atoms with Crippen molar-refractivity contribution in [2.24, 2.45) is 5.41 Å². The Kier molecular flexibility index (Phi) is 5.71. The molecule has 136 valence electrons. The van der Waals surface area contributed by atoms with Crippen molar-refractivity contribution < 1.29 is 14.3 Å². The van der Waals surface area contributed by atoms with Crippen LogP contribution in [0.1, 0.15) is 24.8 Å². The maximum Gasteiger partial charge on any atom is 0.242 e. The van der Waals surface area contributed by atoms with Crippen molar-refractivity contribution in [3.05, 3.63) is 35.9 Å². The second-order valence-corrected chi connectivity index (χ2v) is 7.09. The molecule has 0 radical (unpaired) electrons. The summed E-state index contributed by atoms with van der Waals surface area (Å²) >= 11 is 0. The molecule has 2 amide bonds. The summed E-state index contributed by atoms with van der Waals surface area (Å²) in [5.41, 5.74) is 0.842. The molecule has 2 aliphatic heterocycles. The fraction of sp³-hybridized carbons (Fsp3) is 0.579. The van der Waals surface area contributed by atoms with E-state index in [0.717, 1.165) is 32.5 Å². The minimum atomic E-state index is -0.413. The van der Waals surface area contributed by atoms with Crippen LogP contribution < -0.4 is 10.6 Å². The van der Waals surface area contributed by atoms with Gasteiger partial charge in [0.1, 0.15) is 6.04 Å². The summed E-state index contributed by atoms with van der Waals surface area (Å²) in [5.74, 6) is -0.0528. The van der Waals surface area contributed by atoms with Gasteiger partial charge in [-0.1, -0.05) is 30.3 Å². The van der Waals surface area contributed by atoms with E-state index in [2.05, 4.69) is 27.7 Å². The smallest absolute Gasteiger partial charge is 0.242 e. The van der Waals surface area contributed by atoms with Crippen LogP contribution in [0.3, 0.4) is 0 Å². The van der Waals surface area contributed by atoms with Crippen LogP contribution in [-0.2, 0) is 20.9 Å². The number of likely N-dealkylation sites (tertiary alicyclic amines) is 1. The Morgan fingerprint density at radius 1 is 1.40 bits per heavy atom. The predicted molar refractivity (Wildman–Crippen MR) is 94.8 cm³/mol. The fourth-order valence-electron chi connectivity index (χ4n) is 3.84. The maximum absolute atomic E-state index is 12.5. The second kappa shape index (κ2) is 7.97. The van der Waals surface area contributed by atoms with E-state index in [4.69, 9.17) is 4.74 Å². The summed E-state index contributed by atoms with van der Waals surface area (Å²) in [5, 5.41) is 5.79. The minimum absolute atomic E-state index is 0.0279. The number of rotatable bonds is 7. The quantitative estimate of drug-likeness (QED) is 0.721. The first kappa shape index (κ1) is 17.9. The summed E-state index contributed by atoms with van der Waals surface area (Å²) in [6.07, 6.45) is 2.19. The summed E-state index contributed by atoms with van der Waals surface area (Å²) in [6.45, 7) is 3.66. The zero-order valence-corrected chi connectivity index (χ0v) is 14.8. The van der Waals surface area contributed by atoms with Gasteiger partial charge < -0.3 is 15.4 Å². The lowest BCUT2D eigenvalue weighted by Gasteiger charge is -2.21. The third kappa shape index (κ3) is 4.19. The molecule has 2 heterocycles. The summed E-state index contributed by atoms with van der Waals surface area (Å²) < 4.78 is 4.98. The third-order valence-electron chi connectivity index (χ3n) is 5.20. The number of hydrogen-bond acceptors (Lipinski definition) is 4. The van der Waals surface area contributed by atoms with E-state index < -0.39 is 11.5 Å². The number of carbonyl (C=O) groups is 2. The van der Waals surface area contributed by atoms with Gasteiger partial charge >= 0.3 is 0 Å². The number of amides is 2. The van der Waals surface area contributed by atoms with Crippen molar-refractivity contribution in [3.8, 4) is 0 Å². The Bertz CT molecular complexity index is 607. The first-order chi connectivity index (χ1) is 12.1. The summed E-state index contributed by atoms with van der Waals surface area (Å²) in [7, 11) is 1.64. The number of benzene rings is 1. The van der Waals surface area contributed by atoms with Crippen LogP contribution in [0.2, 0.25) is 0 Å². The average Bonchev–Trinajstić information content (AvgIpc) is 3.17. The first-order valence-corrected chi connectivity index (χ1v) is 8.97. The molecular weight excluding hydrogens is 318 g/mol. The highest BCUT2D eigenvalue weighted by atomic mass is 16.5. The van der Waals surface area contributed by atoms with Gasteiger partial charge in [0.2, 0.25) is 11.8 Å². The Morgan fingerprint density at radius 3 is 2.96 bits per heavy atom. The van der Waals surface area contributed by atoms with E-state index in [1.54, 1.807) is 7.11 Å². The van der Waals surface area contributed by atoms with Gasteiger partial charge in [0, 0.05) is 33.4 Å². The molecule has 2 aliphatic rings. The molecule has 1 spiro atoms. The molecule has 2 saturated heterocycles. The molecule has 2 N–H and O–H groups in total. The van der Waals surface area contributed by atoms with Crippen LogP contribution in [0, 0.1) is 5.41 Å². The molecule has 0 unspecified atom stereocenters. The van der Waals surface area contributed by atoms with Gasteiger partial charge in [0.15, 0.2) is 0 Å². The molecule has 2 fully saturated rings. The van der Waals surface area contributed by atoms with Crippen LogP contribution in [0.5, 0.6) is 0 Å². The SMILES string of the molecule is COCCCNC(=O)[C@@H]1C[C@@]2(CCN(Cc3ccccc3)C2)C(=O)N1. The van der Waals surface area contributed by atoms with E-state index in [0.29, 0.717) is 19.6 Å². The Labute approximate surface area is 148 Å². The molecule has 3 rings (SSSR count). The lowest BCUT2D eigenvalue weighted by atomic mass is 9.84. The molecule has 0 saturated carbocycles. The van der Waals surface area contributed by atoms with Crippen LogP contribution in [0.25, 0.3) is 0 Å². The van der Waals surface area contributed by atoms with E-state index >= 15 is 0 Å². The van der Waals surface area contributed by atoms with E-state index in [9.17, 15) is 9.59 Å². The molecule has 0 aliphatic carbocycles. The number of methoxy groups -OCH3 is 1. The van der Waals surface area contributed by atoms with Crippen molar-refractivity contribution in [1.82, 2.24) is 15.5 Å². The van der Waals surface area contributed by atoms with Gasteiger partial charge in [-0.05, 0) is 31.4 Å². The van der Waals surface area contributed by atoms with E-state index in [1.807, 2.05) is 18.2 Å². The Hall–Kier alpha value is -1.92. The van der Waals surface area contributed by atoms with Crippen LogP contribution in [0.4, 0.5) is 0 Å². The topological polar surface area (TPSA) is 70.7 Å². The van der Waals surface area contributed by atoms with Crippen molar-refractivity contribution in [1.29, 1.82) is 0 Å². The fourth-order valence-corrected chi connectivity index (χ4v) is 3.84.